The highest BCUT2D eigenvalue weighted by molar-refractivity contribution is 4.88. The van der Waals surface area contributed by atoms with Crippen LogP contribution < -0.4 is 0 Å². The molecular weight excluding hydrogens is 184 g/mol. The molecule has 0 N–H and O–H groups in total. The SMILES string of the molecule is C[C@H]1C[C@H](N2CCN(CC3CC3)CC2)C1. The van der Waals surface area contributed by atoms with Crippen molar-refractivity contribution < 1.29 is 0 Å². The molecule has 0 aromatic carbocycles. The van der Waals surface area contributed by atoms with Gasteiger partial charge in [-0.05, 0) is 37.5 Å². The highest BCUT2D eigenvalue weighted by Gasteiger charge is 2.33. The standard InChI is InChI=1S/C13H24N2/c1-11-8-13(9-11)15-6-4-14(5-7-15)10-12-2-3-12/h11-13H,2-10H2,1H3/t11-,13-. The Kier molecular flexibility index (Phi) is 2.73. The first kappa shape index (κ1) is 10.1. The molecule has 3 fully saturated rings. The fourth-order valence-electron chi connectivity index (χ4n) is 3.13. The average Bonchev–Trinajstić information content (AvgIpc) is 2.99. The van der Waals surface area contributed by atoms with Gasteiger partial charge in [0.05, 0.1) is 0 Å². The molecule has 2 heteroatoms. The largest absolute Gasteiger partial charge is 0.301 e. The fourth-order valence-corrected chi connectivity index (χ4v) is 3.13. The molecule has 3 rings (SSSR count). The van der Waals surface area contributed by atoms with Crippen molar-refractivity contribution in [3.63, 3.8) is 0 Å². The lowest BCUT2D eigenvalue weighted by Gasteiger charge is -2.45. The second-order valence-electron chi connectivity index (χ2n) is 6.01. The predicted octanol–water partition coefficient (Wildman–Crippen LogP) is 1.81. The minimum absolute atomic E-state index is 0.947. The summed E-state index contributed by atoms with van der Waals surface area (Å²) in [6.45, 7) is 9.13. The lowest BCUT2D eigenvalue weighted by Crippen LogP contribution is -2.53. The minimum atomic E-state index is 0.947. The third-order valence-corrected chi connectivity index (χ3v) is 4.49. The molecule has 0 unspecified atom stereocenters. The van der Waals surface area contributed by atoms with Crippen LogP contribution in [0.15, 0.2) is 0 Å². The average molecular weight is 208 g/mol. The van der Waals surface area contributed by atoms with Crippen molar-refractivity contribution >= 4 is 0 Å². The predicted molar refractivity (Wildman–Crippen MR) is 62.9 cm³/mol. The summed E-state index contributed by atoms with van der Waals surface area (Å²) in [7, 11) is 0. The quantitative estimate of drug-likeness (QED) is 0.698. The van der Waals surface area contributed by atoms with Crippen LogP contribution in [0.25, 0.3) is 0 Å². The maximum Gasteiger partial charge on any atom is 0.0113 e. The molecule has 0 amide bonds. The summed E-state index contributed by atoms with van der Waals surface area (Å²) < 4.78 is 0. The number of hydrogen-bond acceptors (Lipinski definition) is 2. The Balaban J connectivity index is 1.40. The van der Waals surface area contributed by atoms with Crippen LogP contribution in [0.4, 0.5) is 0 Å². The molecule has 15 heavy (non-hydrogen) atoms. The Bertz CT molecular complexity index is 211. The van der Waals surface area contributed by atoms with Gasteiger partial charge in [-0.25, -0.2) is 0 Å². The van der Waals surface area contributed by atoms with E-state index in [0.29, 0.717) is 0 Å². The summed E-state index contributed by atoms with van der Waals surface area (Å²) in [5.74, 6) is 2.07. The first-order valence-electron chi connectivity index (χ1n) is 6.77. The van der Waals surface area contributed by atoms with Crippen LogP contribution in [0.5, 0.6) is 0 Å². The van der Waals surface area contributed by atoms with Crippen molar-refractivity contribution in [1.29, 1.82) is 0 Å². The van der Waals surface area contributed by atoms with Crippen molar-refractivity contribution in [3.8, 4) is 0 Å². The lowest BCUT2D eigenvalue weighted by molar-refractivity contribution is 0.0369. The third-order valence-electron chi connectivity index (χ3n) is 4.49. The zero-order valence-corrected chi connectivity index (χ0v) is 9.99. The van der Waals surface area contributed by atoms with Gasteiger partial charge < -0.3 is 4.90 Å². The first-order valence-corrected chi connectivity index (χ1v) is 6.77. The lowest BCUT2D eigenvalue weighted by atomic mass is 9.80. The number of rotatable bonds is 3. The molecule has 86 valence electrons. The molecule has 0 aromatic heterocycles. The van der Waals surface area contributed by atoms with Gasteiger partial charge in [0.25, 0.3) is 0 Å². The van der Waals surface area contributed by atoms with Crippen LogP contribution in [0.2, 0.25) is 0 Å². The van der Waals surface area contributed by atoms with E-state index in [9.17, 15) is 0 Å². The van der Waals surface area contributed by atoms with Gasteiger partial charge in [-0.2, -0.15) is 0 Å². The van der Waals surface area contributed by atoms with E-state index in [1.54, 1.807) is 0 Å². The molecular formula is C13H24N2. The van der Waals surface area contributed by atoms with Crippen LogP contribution in [-0.4, -0.2) is 48.6 Å². The molecule has 0 spiro atoms. The Hall–Kier alpha value is -0.0800. The number of piperazine rings is 1. The molecule has 0 radical (unpaired) electrons. The van der Waals surface area contributed by atoms with Crippen LogP contribution >= 0.6 is 0 Å². The molecule has 2 aliphatic carbocycles. The van der Waals surface area contributed by atoms with Gasteiger partial charge in [0.1, 0.15) is 0 Å². The van der Waals surface area contributed by atoms with E-state index >= 15 is 0 Å². The summed E-state index contributed by atoms with van der Waals surface area (Å²) in [5, 5.41) is 0. The molecule has 2 nitrogen and oxygen atoms in total. The minimum Gasteiger partial charge on any atom is -0.301 e. The van der Waals surface area contributed by atoms with Crippen LogP contribution in [-0.2, 0) is 0 Å². The third kappa shape index (κ3) is 2.36. The maximum atomic E-state index is 2.74. The van der Waals surface area contributed by atoms with Crippen molar-refractivity contribution in [1.82, 2.24) is 9.80 Å². The van der Waals surface area contributed by atoms with Gasteiger partial charge in [-0.3, -0.25) is 4.90 Å². The van der Waals surface area contributed by atoms with Gasteiger partial charge in [0, 0.05) is 38.8 Å². The van der Waals surface area contributed by atoms with E-state index < -0.39 is 0 Å². The van der Waals surface area contributed by atoms with Crippen LogP contribution in [0.3, 0.4) is 0 Å². The molecule has 2 saturated carbocycles. The summed E-state index contributed by atoms with van der Waals surface area (Å²) in [4.78, 5) is 5.43. The molecule has 1 heterocycles. The monoisotopic (exact) mass is 208 g/mol. The summed E-state index contributed by atoms with van der Waals surface area (Å²) in [6, 6.07) is 0.947. The highest BCUT2D eigenvalue weighted by Crippen LogP contribution is 2.33. The Labute approximate surface area is 93.6 Å². The fraction of sp³-hybridized carbons (Fsp3) is 1.00. The molecule has 0 aromatic rings. The second-order valence-corrected chi connectivity index (χ2v) is 6.01. The van der Waals surface area contributed by atoms with Gasteiger partial charge in [-0.15, -0.1) is 0 Å². The van der Waals surface area contributed by atoms with Crippen molar-refractivity contribution in [3.05, 3.63) is 0 Å². The zero-order valence-electron chi connectivity index (χ0n) is 9.99. The van der Waals surface area contributed by atoms with Gasteiger partial charge >= 0.3 is 0 Å². The van der Waals surface area contributed by atoms with Crippen molar-refractivity contribution in [2.45, 2.75) is 38.6 Å². The number of nitrogens with zero attached hydrogens (tertiary/aromatic N) is 2. The molecule has 1 saturated heterocycles. The van der Waals surface area contributed by atoms with E-state index in [-0.39, 0.29) is 0 Å². The van der Waals surface area contributed by atoms with E-state index in [0.717, 1.165) is 17.9 Å². The van der Waals surface area contributed by atoms with E-state index in [2.05, 4.69) is 16.7 Å². The summed E-state index contributed by atoms with van der Waals surface area (Å²) in [5.41, 5.74) is 0. The first-order chi connectivity index (χ1) is 7.31. The van der Waals surface area contributed by atoms with E-state index in [1.807, 2.05) is 0 Å². The van der Waals surface area contributed by atoms with Crippen LogP contribution in [0, 0.1) is 11.8 Å². The maximum absolute atomic E-state index is 2.74. The second kappa shape index (κ2) is 4.06. The molecule has 3 aliphatic rings. The molecule has 1 aliphatic heterocycles. The summed E-state index contributed by atoms with van der Waals surface area (Å²) >= 11 is 0. The van der Waals surface area contributed by atoms with Gasteiger partial charge in [0.15, 0.2) is 0 Å². The Morgan fingerprint density at radius 3 is 2.20 bits per heavy atom. The Morgan fingerprint density at radius 2 is 1.67 bits per heavy atom. The van der Waals surface area contributed by atoms with Crippen molar-refractivity contribution in [2.24, 2.45) is 11.8 Å². The molecule has 0 bridgehead atoms. The highest BCUT2D eigenvalue weighted by atomic mass is 15.3. The van der Waals surface area contributed by atoms with Crippen molar-refractivity contribution in [2.75, 3.05) is 32.7 Å². The van der Waals surface area contributed by atoms with Gasteiger partial charge in [0.2, 0.25) is 0 Å². The van der Waals surface area contributed by atoms with E-state index in [1.165, 1.54) is 58.4 Å². The smallest absolute Gasteiger partial charge is 0.0113 e. The zero-order chi connectivity index (χ0) is 10.3. The van der Waals surface area contributed by atoms with Crippen LogP contribution in [0.1, 0.15) is 32.6 Å². The number of hydrogen-bond donors (Lipinski definition) is 0. The normalized spacial score (nSPS) is 39.0. The topological polar surface area (TPSA) is 6.48 Å². The summed E-state index contributed by atoms with van der Waals surface area (Å²) in [6.07, 6.45) is 5.92. The van der Waals surface area contributed by atoms with Gasteiger partial charge in [-0.1, -0.05) is 6.92 Å². The molecule has 0 atom stereocenters. The Morgan fingerprint density at radius 1 is 1.00 bits per heavy atom. The van der Waals surface area contributed by atoms with E-state index in [4.69, 9.17) is 0 Å².